The third-order valence-corrected chi connectivity index (χ3v) is 4.08. The Hall–Kier alpha value is -1.55. The first-order valence-corrected chi connectivity index (χ1v) is 7.16. The lowest BCUT2D eigenvalue weighted by molar-refractivity contribution is 0.283. The molecule has 0 aliphatic heterocycles. The Bertz CT molecular complexity index is 793. The Labute approximate surface area is 131 Å². The molecule has 2 aromatic carbocycles. The van der Waals surface area contributed by atoms with Gasteiger partial charge in [0, 0.05) is 32.8 Å². The summed E-state index contributed by atoms with van der Waals surface area (Å²) >= 11 is 12.1. The molecule has 5 heteroatoms. The van der Waals surface area contributed by atoms with Crippen LogP contribution in [-0.4, -0.2) is 9.67 Å². The summed E-state index contributed by atoms with van der Waals surface area (Å²) in [4.78, 5) is 0. The van der Waals surface area contributed by atoms with Gasteiger partial charge in [-0.1, -0.05) is 35.3 Å². The molecule has 0 fully saturated rings. The van der Waals surface area contributed by atoms with Crippen molar-refractivity contribution in [1.29, 1.82) is 0 Å². The molecule has 0 saturated heterocycles. The molecular formula is C16H12Cl2FNO. The Kier molecular flexibility index (Phi) is 3.89. The molecule has 0 amide bonds. The largest absolute Gasteiger partial charge is 0.392 e. The van der Waals surface area contributed by atoms with Crippen molar-refractivity contribution < 1.29 is 9.50 Å². The molecule has 1 heterocycles. The van der Waals surface area contributed by atoms with Crippen LogP contribution in [0.2, 0.25) is 10.0 Å². The van der Waals surface area contributed by atoms with Gasteiger partial charge in [-0.15, -0.1) is 0 Å². The molecule has 3 aromatic rings. The molecule has 1 aromatic heterocycles. The topological polar surface area (TPSA) is 25.2 Å². The van der Waals surface area contributed by atoms with E-state index >= 15 is 0 Å². The van der Waals surface area contributed by atoms with Crippen LogP contribution in [0, 0.1) is 5.82 Å². The van der Waals surface area contributed by atoms with Crippen LogP contribution in [0.25, 0.3) is 10.9 Å². The number of halogens is 3. The second kappa shape index (κ2) is 5.68. The van der Waals surface area contributed by atoms with E-state index in [1.807, 2.05) is 10.6 Å². The van der Waals surface area contributed by atoms with E-state index in [0.29, 0.717) is 15.6 Å². The van der Waals surface area contributed by atoms with Gasteiger partial charge in [-0.05, 0) is 24.3 Å². The zero-order valence-electron chi connectivity index (χ0n) is 11.0. The molecule has 3 rings (SSSR count). The zero-order valence-corrected chi connectivity index (χ0v) is 12.5. The van der Waals surface area contributed by atoms with Gasteiger partial charge in [-0.2, -0.15) is 0 Å². The normalized spacial score (nSPS) is 11.2. The van der Waals surface area contributed by atoms with Gasteiger partial charge in [0.05, 0.1) is 18.7 Å². The van der Waals surface area contributed by atoms with E-state index in [1.54, 1.807) is 30.5 Å². The second-order valence-electron chi connectivity index (χ2n) is 4.80. The molecule has 0 radical (unpaired) electrons. The van der Waals surface area contributed by atoms with Crippen LogP contribution in [0.1, 0.15) is 11.1 Å². The predicted octanol–water partition coefficient (Wildman–Crippen LogP) is 4.63. The molecule has 108 valence electrons. The lowest BCUT2D eigenvalue weighted by atomic mass is 10.2. The van der Waals surface area contributed by atoms with Crippen LogP contribution in [0.15, 0.2) is 42.6 Å². The first-order valence-electron chi connectivity index (χ1n) is 6.41. The molecule has 0 aliphatic carbocycles. The van der Waals surface area contributed by atoms with Crippen molar-refractivity contribution >= 4 is 34.1 Å². The van der Waals surface area contributed by atoms with E-state index in [4.69, 9.17) is 23.2 Å². The van der Waals surface area contributed by atoms with Gasteiger partial charge in [-0.3, -0.25) is 0 Å². The molecule has 21 heavy (non-hydrogen) atoms. The van der Waals surface area contributed by atoms with Crippen LogP contribution in [0.4, 0.5) is 4.39 Å². The molecule has 0 bridgehead atoms. The summed E-state index contributed by atoms with van der Waals surface area (Å²) in [5, 5.41) is 11.3. The van der Waals surface area contributed by atoms with E-state index < -0.39 is 0 Å². The first-order chi connectivity index (χ1) is 10.1. The Morgan fingerprint density at radius 3 is 2.67 bits per heavy atom. The molecule has 1 N–H and O–H groups in total. The van der Waals surface area contributed by atoms with Gasteiger partial charge in [0.2, 0.25) is 0 Å². The van der Waals surface area contributed by atoms with Crippen LogP contribution in [0.5, 0.6) is 0 Å². The lowest BCUT2D eigenvalue weighted by Gasteiger charge is -2.09. The Balaban J connectivity index is 2.14. The van der Waals surface area contributed by atoms with Crippen molar-refractivity contribution in [3.63, 3.8) is 0 Å². The average Bonchev–Trinajstić information content (AvgIpc) is 2.80. The SMILES string of the molecule is OCc1cn(Cc2c(F)cccc2Cl)c2cc(Cl)ccc12. The minimum atomic E-state index is -0.350. The number of hydrogen-bond donors (Lipinski definition) is 1. The summed E-state index contributed by atoms with van der Waals surface area (Å²) in [6.07, 6.45) is 1.80. The van der Waals surface area contributed by atoms with E-state index in [2.05, 4.69) is 0 Å². The summed E-state index contributed by atoms with van der Waals surface area (Å²) in [6, 6.07) is 10.0. The minimum absolute atomic E-state index is 0.0872. The minimum Gasteiger partial charge on any atom is -0.392 e. The highest BCUT2D eigenvalue weighted by Gasteiger charge is 2.12. The number of aliphatic hydroxyl groups is 1. The standard InChI is InChI=1S/C16H12Cl2FNO/c17-11-4-5-12-10(9-21)7-20(16(12)6-11)8-13-14(18)2-1-3-15(13)19/h1-7,21H,8-9H2. The molecular weight excluding hydrogens is 312 g/mol. The van der Waals surface area contributed by atoms with Crippen LogP contribution >= 0.6 is 23.2 Å². The summed E-state index contributed by atoms with van der Waals surface area (Å²) in [7, 11) is 0. The second-order valence-corrected chi connectivity index (χ2v) is 5.65. The highest BCUT2D eigenvalue weighted by molar-refractivity contribution is 6.31. The summed E-state index contributed by atoms with van der Waals surface area (Å²) in [5.74, 6) is -0.350. The number of rotatable bonds is 3. The fraction of sp³-hybridized carbons (Fsp3) is 0.125. The van der Waals surface area contributed by atoms with Gasteiger partial charge in [-0.25, -0.2) is 4.39 Å². The lowest BCUT2D eigenvalue weighted by Crippen LogP contribution is -2.01. The van der Waals surface area contributed by atoms with Crippen molar-refractivity contribution in [3.8, 4) is 0 Å². The van der Waals surface area contributed by atoms with Crippen LogP contribution in [0.3, 0.4) is 0 Å². The maximum absolute atomic E-state index is 13.9. The van der Waals surface area contributed by atoms with Gasteiger partial charge >= 0.3 is 0 Å². The molecule has 0 spiro atoms. The van der Waals surface area contributed by atoms with E-state index in [-0.39, 0.29) is 19.0 Å². The smallest absolute Gasteiger partial charge is 0.129 e. The Morgan fingerprint density at radius 2 is 1.95 bits per heavy atom. The number of fused-ring (bicyclic) bond motifs is 1. The average molecular weight is 324 g/mol. The highest BCUT2D eigenvalue weighted by Crippen LogP contribution is 2.27. The summed E-state index contributed by atoms with van der Waals surface area (Å²) in [6.45, 7) is 0.193. The van der Waals surface area contributed by atoms with Crippen molar-refractivity contribution in [2.45, 2.75) is 13.2 Å². The van der Waals surface area contributed by atoms with Crippen molar-refractivity contribution in [2.24, 2.45) is 0 Å². The highest BCUT2D eigenvalue weighted by atomic mass is 35.5. The first kappa shape index (κ1) is 14.4. The number of aromatic nitrogens is 1. The number of nitrogens with zero attached hydrogens (tertiary/aromatic N) is 1. The molecule has 0 atom stereocenters. The quantitative estimate of drug-likeness (QED) is 0.747. The number of hydrogen-bond acceptors (Lipinski definition) is 1. The predicted molar refractivity (Wildman–Crippen MR) is 83.4 cm³/mol. The van der Waals surface area contributed by atoms with Crippen LogP contribution < -0.4 is 0 Å². The van der Waals surface area contributed by atoms with E-state index in [9.17, 15) is 9.50 Å². The van der Waals surface area contributed by atoms with Crippen LogP contribution in [-0.2, 0) is 13.2 Å². The fourth-order valence-electron chi connectivity index (χ4n) is 2.45. The van der Waals surface area contributed by atoms with Gasteiger partial charge in [0.25, 0.3) is 0 Å². The maximum Gasteiger partial charge on any atom is 0.129 e. The molecule has 0 saturated carbocycles. The van der Waals surface area contributed by atoms with E-state index in [0.717, 1.165) is 16.5 Å². The summed E-state index contributed by atoms with van der Waals surface area (Å²) in [5.41, 5.74) is 2.03. The zero-order chi connectivity index (χ0) is 15.0. The van der Waals surface area contributed by atoms with Crippen molar-refractivity contribution in [2.75, 3.05) is 0 Å². The summed E-state index contributed by atoms with van der Waals surface area (Å²) < 4.78 is 15.8. The number of benzene rings is 2. The third-order valence-electron chi connectivity index (χ3n) is 3.49. The fourth-order valence-corrected chi connectivity index (χ4v) is 2.84. The third kappa shape index (κ3) is 2.64. The van der Waals surface area contributed by atoms with Gasteiger partial charge < -0.3 is 9.67 Å². The Morgan fingerprint density at radius 1 is 1.14 bits per heavy atom. The van der Waals surface area contributed by atoms with Gasteiger partial charge in [0.1, 0.15) is 5.82 Å². The maximum atomic E-state index is 13.9. The van der Waals surface area contributed by atoms with Crippen molar-refractivity contribution in [1.82, 2.24) is 4.57 Å². The monoisotopic (exact) mass is 323 g/mol. The van der Waals surface area contributed by atoms with Gasteiger partial charge in [0.15, 0.2) is 0 Å². The molecule has 2 nitrogen and oxygen atoms in total. The molecule has 0 unspecified atom stereocenters. The molecule has 0 aliphatic rings. The van der Waals surface area contributed by atoms with Crippen molar-refractivity contribution in [3.05, 3.63) is 69.6 Å². The van der Waals surface area contributed by atoms with E-state index in [1.165, 1.54) is 6.07 Å². The number of aliphatic hydroxyl groups excluding tert-OH is 1.